The molecule has 0 aromatic heterocycles. The number of carbonyl (C=O) groups is 1. The second-order valence-corrected chi connectivity index (χ2v) is 5.82. The second kappa shape index (κ2) is 4.97. The molecular weight excluding hydrogens is 238 g/mol. The van der Waals surface area contributed by atoms with E-state index in [0.29, 0.717) is 6.61 Å². The molecule has 0 radical (unpaired) electrons. The maximum absolute atomic E-state index is 11.8. The number of carbonyl (C=O) groups excluding carboxylic acids is 1. The van der Waals surface area contributed by atoms with Gasteiger partial charge >= 0.3 is 5.97 Å². The molecule has 2 aliphatic rings. The highest BCUT2D eigenvalue weighted by Gasteiger charge is 2.61. The summed E-state index contributed by atoms with van der Waals surface area (Å²) in [6, 6.07) is 10.5. The number of ether oxygens (including phenoxy) is 1. The molecule has 0 bridgehead atoms. The fourth-order valence-electron chi connectivity index (χ4n) is 3.34. The Balaban J connectivity index is 1.56. The van der Waals surface area contributed by atoms with Crippen LogP contribution in [0.4, 0.5) is 0 Å². The quantitative estimate of drug-likeness (QED) is 0.778. The molecule has 0 amide bonds. The van der Waals surface area contributed by atoms with Crippen LogP contribution in [0.3, 0.4) is 0 Å². The molecule has 1 aromatic rings. The summed E-state index contributed by atoms with van der Waals surface area (Å²) < 4.78 is 5.15. The molecule has 3 nitrogen and oxygen atoms in total. The SMILES string of the molecule is CCOC(=O)[C@H]1C[C@@]12CCN(Cc1ccccc1)C2. The first-order valence-corrected chi connectivity index (χ1v) is 7.16. The normalized spacial score (nSPS) is 29.6. The number of hydrogen-bond donors (Lipinski definition) is 0. The smallest absolute Gasteiger partial charge is 0.309 e. The van der Waals surface area contributed by atoms with Crippen LogP contribution in [0.25, 0.3) is 0 Å². The third kappa shape index (κ3) is 2.52. The van der Waals surface area contributed by atoms with Gasteiger partial charge in [0.2, 0.25) is 0 Å². The van der Waals surface area contributed by atoms with E-state index in [2.05, 4.69) is 29.2 Å². The minimum Gasteiger partial charge on any atom is -0.466 e. The zero-order chi connectivity index (χ0) is 13.3. The van der Waals surface area contributed by atoms with Gasteiger partial charge in [-0.25, -0.2) is 0 Å². The van der Waals surface area contributed by atoms with Crippen molar-refractivity contribution in [3.8, 4) is 0 Å². The summed E-state index contributed by atoms with van der Waals surface area (Å²) in [5.41, 5.74) is 1.59. The van der Waals surface area contributed by atoms with Gasteiger partial charge in [0.05, 0.1) is 12.5 Å². The number of hydrogen-bond acceptors (Lipinski definition) is 3. The van der Waals surface area contributed by atoms with Crippen molar-refractivity contribution in [2.45, 2.75) is 26.3 Å². The molecule has 0 unspecified atom stereocenters. The van der Waals surface area contributed by atoms with Gasteiger partial charge in [-0.05, 0) is 37.3 Å². The lowest BCUT2D eigenvalue weighted by Gasteiger charge is -2.16. The lowest BCUT2D eigenvalue weighted by molar-refractivity contribution is -0.145. The standard InChI is InChI=1S/C16H21NO2/c1-2-19-15(18)14-10-16(14)8-9-17(12-16)11-13-6-4-3-5-7-13/h3-7,14H,2,8-12H2,1H3/t14-,16-/m1/s1. The highest BCUT2D eigenvalue weighted by molar-refractivity contribution is 5.77. The monoisotopic (exact) mass is 259 g/mol. The first kappa shape index (κ1) is 12.7. The maximum atomic E-state index is 11.8. The Hall–Kier alpha value is -1.35. The van der Waals surface area contributed by atoms with Gasteiger partial charge in [-0.2, -0.15) is 0 Å². The molecule has 2 fully saturated rings. The average molecular weight is 259 g/mol. The molecule has 1 aromatic carbocycles. The van der Waals surface area contributed by atoms with Gasteiger partial charge in [0, 0.05) is 13.1 Å². The molecule has 102 valence electrons. The van der Waals surface area contributed by atoms with Crippen LogP contribution in [0, 0.1) is 11.3 Å². The van der Waals surface area contributed by atoms with Gasteiger partial charge in [-0.3, -0.25) is 9.69 Å². The van der Waals surface area contributed by atoms with Crippen molar-refractivity contribution in [2.75, 3.05) is 19.7 Å². The van der Waals surface area contributed by atoms with Crippen LogP contribution < -0.4 is 0 Å². The molecule has 2 atom stereocenters. The number of likely N-dealkylation sites (tertiary alicyclic amines) is 1. The maximum Gasteiger partial charge on any atom is 0.309 e. The molecule has 3 rings (SSSR count). The minimum atomic E-state index is 0.0176. The second-order valence-electron chi connectivity index (χ2n) is 5.82. The molecule has 1 saturated carbocycles. The summed E-state index contributed by atoms with van der Waals surface area (Å²) in [7, 11) is 0. The lowest BCUT2D eigenvalue weighted by Crippen LogP contribution is -2.22. The summed E-state index contributed by atoms with van der Waals surface area (Å²) in [4.78, 5) is 14.3. The molecule has 1 aliphatic carbocycles. The number of nitrogens with zero attached hydrogens (tertiary/aromatic N) is 1. The number of benzene rings is 1. The summed E-state index contributed by atoms with van der Waals surface area (Å²) in [5.74, 6) is 0.178. The summed E-state index contributed by atoms with van der Waals surface area (Å²) in [6.45, 7) is 5.52. The van der Waals surface area contributed by atoms with Crippen LogP contribution in [0.15, 0.2) is 30.3 Å². The Bertz CT molecular complexity index is 459. The summed E-state index contributed by atoms with van der Waals surface area (Å²) >= 11 is 0. The molecule has 1 spiro atoms. The van der Waals surface area contributed by atoms with Crippen molar-refractivity contribution in [1.82, 2.24) is 4.90 Å². The fourth-order valence-corrected chi connectivity index (χ4v) is 3.34. The Morgan fingerprint density at radius 1 is 1.42 bits per heavy atom. The topological polar surface area (TPSA) is 29.5 Å². The average Bonchev–Trinajstić information content (AvgIpc) is 2.97. The van der Waals surface area contributed by atoms with Gasteiger partial charge in [-0.15, -0.1) is 0 Å². The zero-order valence-electron chi connectivity index (χ0n) is 11.5. The van der Waals surface area contributed by atoms with Crippen LogP contribution in [0.1, 0.15) is 25.3 Å². The molecular formula is C16H21NO2. The Morgan fingerprint density at radius 2 is 2.21 bits per heavy atom. The third-order valence-corrected chi connectivity index (χ3v) is 4.47. The van der Waals surface area contributed by atoms with Crippen molar-refractivity contribution >= 4 is 5.97 Å². The molecule has 1 aliphatic heterocycles. The zero-order valence-corrected chi connectivity index (χ0v) is 11.5. The number of rotatable bonds is 4. The molecule has 0 N–H and O–H groups in total. The van der Waals surface area contributed by atoms with Crippen LogP contribution in [0.2, 0.25) is 0 Å². The predicted octanol–water partition coefficient (Wildman–Crippen LogP) is 2.46. The van der Waals surface area contributed by atoms with E-state index < -0.39 is 0 Å². The summed E-state index contributed by atoms with van der Waals surface area (Å²) in [5, 5.41) is 0. The molecule has 1 heterocycles. The predicted molar refractivity (Wildman–Crippen MR) is 73.5 cm³/mol. The van der Waals surface area contributed by atoms with Crippen LogP contribution >= 0.6 is 0 Å². The minimum absolute atomic E-state index is 0.0176. The van der Waals surface area contributed by atoms with E-state index in [9.17, 15) is 4.79 Å². The highest BCUT2D eigenvalue weighted by Crippen LogP contribution is 2.59. The lowest BCUT2D eigenvalue weighted by atomic mass is 10.0. The Morgan fingerprint density at radius 3 is 2.95 bits per heavy atom. The van der Waals surface area contributed by atoms with Crippen molar-refractivity contribution in [2.24, 2.45) is 11.3 Å². The van der Waals surface area contributed by atoms with Crippen LogP contribution in [0.5, 0.6) is 0 Å². The Labute approximate surface area is 114 Å². The van der Waals surface area contributed by atoms with Crippen molar-refractivity contribution in [1.29, 1.82) is 0 Å². The molecule has 3 heteroatoms. The van der Waals surface area contributed by atoms with E-state index in [1.54, 1.807) is 0 Å². The van der Waals surface area contributed by atoms with E-state index >= 15 is 0 Å². The van der Waals surface area contributed by atoms with E-state index in [1.165, 1.54) is 5.56 Å². The van der Waals surface area contributed by atoms with E-state index in [0.717, 1.165) is 32.5 Å². The molecule has 19 heavy (non-hydrogen) atoms. The van der Waals surface area contributed by atoms with Gasteiger partial charge in [-0.1, -0.05) is 30.3 Å². The van der Waals surface area contributed by atoms with Gasteiger partial charge < -0.3 is 4.74 Å². The fraction of sp³-hybridized carbons (Fsp3) is 0.562. The Kier molecular flexibility index (Phi) is 3.31. The third-order valence-electron chi connectivity index (χ3n) is 4.47. The van der Waals surface area contributed by atoms with Crippen molar-refractivity contribution in [3.05, 3.63) is 35.9 Å². The number of esters is 1. The van der Waals surface area contributed by atoms with Gasteiger partial charge in [0.1, 0.15) is 0 Å². The first-order chi connectivity index (χ1) is 9.23. The van der Waals surface area contributed by atoms with E-state index in [-0.39, 0.29) is 17.3 Å². The largest absolute Gasteiger partial charge is 0.466 e. The molecule has 1 saturated heterocycles. The van der Waals surface area contributed by atoms with Gasteiger partial charge in [0.25, 0.3) is 0 Å². The first-order valence-electron chi connectivity index (χ1n) is 7.16. The van der Waals surface area contributed by atoms with Crippen molar-refractivity contribution < 1.29 is 9.53 Å². The summed E-state index contributed by atoms with van der Waals surface area (Å²) in [6.07, 6.45) is 2.17. The van der Waals surface area contributed by atoms with Gasteiger partial charge in [0.15, 0.2) is 0 Å². The van der Waals surface area contributed by atoms with Crippen molar-refractivity contribution in [3.63, 3.8) is 0 Å². The highest BCUT2D eigenvalue weighted by atomic mass is 16.5. The van der Waals surface area contributed by atoms with Crippen LogP contribution in [-0.2, 0) is 16.1 Å². The van der Waals surface area contributed by atoms with Crippen LogP contribution in [-0.4, -0.2) is 30.6 Å². The van der Waals surface area contributed by atoms with E-state index in [4.69, 9.17) is 4.74 Å². The van der Waals surface area contributed by atoms with E-state index in [1.807, 2.05) is 13.0 Å².